The maximum absolute atomic E-state index is 12.2. The van der Waals surface area contributed by atoms with Crippen molar-refractivity contribution in [1.82, 2.24) is 4.57 Å². The minimum atomic E-state index is -0.0870. The van der Waals surface area contributed by atoms with Gasteiger partial charge in [0.25, 0.3) is 0 Å². The Balaban J connectivity index is 1.64. The lowest BCUT2D eigenvalue weighted by atomic mass is 10.1. The topological polar surface area (TPSA) is 60.3 Å². The summed E-state index contributed by atoms with van der Waals surface area (Å²) in [5, 5.41) is 3.92. The van der Waals surface area contributed by atoms with Crippen LogP contribution < -0.4 is 10.1 Å². The molecule has 0 unspecified atom stereocenters. The van der Waals surface area contributed by atoms with Crippen molar-refractivity contribution in [2.45, 2.75) is 19.9 Å². The van der Waals surface area contributed by atoms with Crippen LogP contribution >= 0.6 is 0 Å². The summed E-state index contributed by atoms with van der Waals surface area (Å²) >= 11 is 0. The predicted octanol–water partition coefficient (Wildman–Crippen LogP) is 3.88. The molecule has 3 rings (SSSR count). The summed E-state index contributed by atoms with van der Waals surface area (Å²) in [5.41, 5.74) is 2.29. The zero-order valence-corrected chi connectivity index (χ0v) is 14.3. The lowest BCUT2D eigenvalue weighted by molar-refractivity contribution is -0.116. The smallest absolute Gasteiger partial charge is 0.226 e. The number of aryl methyl sites for hydroxylation is 1. The van der Waals surface area contributed by atoms with E-state index in [1.807, 2.05) is 35.0 Å². The number of methoxy groups -OCH3 is 1. The highest BCUT2D eigenvalue weighted by atomic mass is 16.5. The van der Waals surface area contributed by atoms with Crippen LogP contribution in [0.25, 0.3) is 10.9 Å². The number of amides is 1. The van der Waals surface area contributed by atoms with Gasteiger partial charge in [0.15, 0.2) is 5.78 Å². The number of hydrogen-bond acceptors (Lipinski definition) is 3. The Labute approximate surface area is 146 Å². The van der Waals surface area contributed by atoms with Gasteiger partial charge in [-0.3, -0.25) is 9.59 Å². The first-order chi connectivity index (χ1) is 12.1. The summed E-state index contributed by atoms with van der Waals surface area (Å²) in [5.74, 6) is 0.703. The van der Waals surface area contributed by atoms with E-state index in [0.717, 1.165) is 16.7 Å². The first-order valence-corrected chi connectivity index (χ1v) is 8.10. The molecule has 0 bridgehead atoms. The number of ether oxygens (including phenoxy) is 1. The van der Waals surface area contributed by atoms with Crippen molar-refractivity contribution in [3.63, 3.8) is 0 Å². The van der Waals surface area contributed by atoms with Gasteiger partial charge in [-0.2, -0.15) is 0 Å². The molecule has 3 aromatic rings. The average molecular weight is 336 g/mol. The van der Waals surface area contributed by atoms with Crippen molar-refractivity contribution in [2.75, 3.05) is 12.4 Å². The first-order valence-electron chi connectivity index (χ1n) is 8.10. The fourth-order valence-electron chi connectivity index (χ4n) is 2.76. The largest absolute Gasteiger partial charge is 0.497 e. The van der Waals surface area contributed by atoms with E-state index in [9.17, 15) is 9.59 Å². The number of anilines is 1. The average Bonchev–Trinajstić information content (AvgIpc) is 3.02. The molecule has 2 aromatic carbocycles. The maximum Gasteiger partial charge on any atom is 0.226 e. The fraction of sp³-hybridized carbons (Fsp3) is 0.200. The van der Waals surface area contributed by atoms with Crippen LogP contribution in [0.3, 0.4) is 0 Å². The molecule has 1 heterocycles. The summed E-state index contributed by atoms with van der Waals surface area (Å²) < 4.78 is 7.27. The molecule has 25 heavy (non-hydrogen) atoms. The summed E-state index contributed by atoms with van der Waals surface area (Å²) in [4.78, 5) is 23.6. The van der Waals surface area contributed by atoms with Crippen LogP contribution in [-0.4, -0.2) is 23.4 Å². The third-order valence-corrected chi connectivity index (χ3v) is 4.11. The number of nitrogens with one attached hydrogen (secondary N) is 1. The Hall–Kier alpha value is -3.08. The van der Waals surface area contributed by atoms with Gasteiger partial charge in [-0.1, -0.05) is 12.1 Å². The quantitative estimate of drug-likeness (QED) is 0.695. The molecule has 1 amide bonds. The summed E-state index contributed by atoms with van der Waals surface area (Å²) in [6.07, 6.45) is 2.31. The van der Waals surface area contributed by atoms with Gasteiger partial charge in [-0.25, -0.2) is 0 Å². The number of Topliss-reactive ketones (excluding diaryl/α,β-unsaturated/α-hetero) is 1. The number of carbonyl (C=O) groups excluding carboxylic acids is 2. The van der Waals surface area contributed by atoms with Crippen LogP contribution in [0.5, 0.6) is 5.75 Å². The van der Waals surface area contributed by atoms with Gasteiger partial charge >= 0.3 is 0 Å². The number of aromatic nitrogens is 1. The molecule has 0 fully saturated rings. The second-order valence-electron chi connectivity index (χ2n) is 5.87. The van der Waals surface area contributed by atoms with Crippen LogP contribution in [0.1, 0.15) is 23.7 Å². The molecular formula is C20H20N2O3. The van der Waals surface area contributed by atoms with Gasteiger partial charge in [0.2, 0.25) is 5.91 Å². The number of benzene rings is 2. The Bertz CT molecular complexity index is 928. The molecular weight excluding hydrogens is 316 g/mol. The second-order valence-corrected chi connectivity index (χ2v) is 5.87. The minimum absolute atomic E-state index is 0.0228. The van der Waals surface area contributed by atoms with Crippen LogP contribution in [0, 0.1) is 0 Å². The third kappa shape index (κ3) is 3.88. The molecule has 0 aliphatic rings. The molecule has 0 spiro atoms. The van der Waals surface area contributed by atoms with Crippen molar-refractivity contribution in [1.29, 1.82) is 0 Å². The second kappa shape index (κ2) is 7.21. The van der Waals surface area contributed by atoms with E-state index in [0.29, 0.717) is 24.2 Å². The summed E-state index contributed by atoms with van der Waals surface area (Å²) in [6, 6.07) is 14.8. The van der Waals surface area contributed by atoms with Crippen LogP contribution in [0.4, 0.5) is 5.69 Å². The minimum Gasteiger partial charge on any atom is -0.497 e. The van der Waals surface area contributed by atoms with Gasteiger partial charge < -0.3 is 14.6 Å². The number of hydrogen-bond donors (Lipinski definition) is 1. The van der Waals surface area contributed by atoms with Crippen LogP contribution in [0.15, 0.2) is 54.7 Å². The zero-order valence-electron chi connectivity index (χ0n) is 14.3. The van der Waals surface area contributed by atoms with Gasteiger partial charge in [-0.15, -0.1) is 0 Å². The highest BCUT2D eigenvalue weighted by Crippen LogP contribution is 2.22. The SMILES string of the molecule is COc1ccc2c(ccn2CCC(=O)Nc2cccc(C(C)=O)c2)c1. The molecule has 0 aliphatic carbocycles. The number of rotatable bonds is 6. The standard InChI is InChI=1S/C20H20N2O3/c1-14(23)15-4-3-5-17(12-15)21-20(24)9-11-22-10-8-16-13-18(25-2)6-7-19(16)22/h3-8,10,12-13H,9,11H2,1-2H3,(H,21,24). The number of ketones is 1. The predicted molar refractivity (Wildman–Crippen MR) is 98.2 cm³/mol. The number of fused-ring (bicyclic) bond motifs is 1. The Morgan fingerprint density at radius 1 is 1.12 bits per heavy atom. The van der Waals surface area contributed by atoms with Crippen molar-refractivity contribution >= 4 is 28.3 Å². The molecule has 5 nitrogen and oxygen atoms in total. The normalized spacial score (nSPS) is 10.6. The third-order valence-electron chi connectivity index (χ3n) is 4.11. The Kier molecular flexibility index (Phi) is 4.84. The summed E-state index contributed by atoms with van der Waals surface area (Å²) in [7, 11) is 1.64. The molecule has 1 N–H and O–H groups in total. The van der Waals surface area contributed by atoms with Gasteiger partial charge in [0.05, 0.1) is 7.11 Å². The molecule has 0 saturated carbocycles. The highest BCUT2D eigenvalue weighted by molar-refractivity contribution is 5.97. The molecule has 5 heteroatoms. The lowest BCUT2D eigenvalue weighted by Gasteiger charge is -2.08. The number of nitrogens with zero attached hydrogens (tertiary/aromatic N) is 1. The van der Waals surface area contributed by atoms with E-state index >= 15 is 0 Å². The van der Waals surface area contributed by atoms with E-state index in [1.54, 1.807) is 31.4 Å². The summed E-state index contributed by atoms with van der Waals surface area (Å²) in [6.45, 7) is 2.08. The van der Waals surface area contributed by atoms with Crippen molar-refractivity contribution < 1.29 is 14.3 Å². The molecule has 1 aromatic heterocycles. The Morgan fingerprint density at radius 2 is 1.96 bits per heavy atom. The molecule has 0 aliphatic heterocycles. The number of carbonyl (C=O) groups is 2. The van der Waals surface area contributed by atoms with E-state index in [2.05, 4.69) is 5.32 Å². The zero-order chi connectivity index (χ0) is 17.8. The fourth-order valence-corrected chi connectivity index (χ4v) is 2.76. The van der Waals surface area contributed by atoms with Crippen molar-refractivity contribution in [3.05, 3.63) is 60.3 Å². The van der Waals surface area contributed by atoms with Gasteiger partial charge in [0, 0.05) is 41.3 Å². The van der Waals surface area contributed by atoms with E-state index < -0.39 is 0 Å². The van der Waals surface area contributed by atoms with E-state index in [-0.39, 0.29) is 11.7 Å². The van der Waals surface area contributed by atoms with Gasteiger partial charge in [0.1, 0.15) is 5.75 Å². The molecule has 128 valence electrons. The highest BCUT2D eigenvalue weighted by Gasteiger charge is 2.07. The monoisotopic (exact) mass is 336 g/mol. The lowest BCUT2D eigenvalue weighted by Crippen LogP contribution is -2.14. The molecule has 0 atom stereocenters. The molecule has 0 radical (unpaired) electrons. The van der Waals surface area contributed by atoms with E-state index in [1.165, 1.54) is 6.92 Å². The first kappa shape index (κ1) is 16.8. The van der Waals surface area contributed by atoms with Crippen LogP contribution in [0.2, 0.25) is 0 Å². The van der Waals surface area contributed by atoms with Crippen molar-refractivity contribution in [2.24, 2.45) is 0 Å². The van der Waals surface area contributed by atoms with Crippen molar-refractivity contribution in [3.8, 4) is 5.75 Å². The van der Waals surface area contributed by atoms with Gasteiger partial charge in [-0.05, 0) is 43.3 Å². The maximum atomic E-state index is 12.2. The van der Waals surface area contributed by atoms with E-state index in [4.69, 9.17) is 4.74 Å². The van der Waals surface area contributed by atoms with Crippen LogP contribution in [-0.2, 0) is 11.3 Å². The molecule has 0 saturated heterocycles. The Morgan fingerprint density at radius 3 is 2.72 bits per heavy atom.